The van der Waals surface area contributed by atoms with Crippen molar-refractivity contribution in [3.63, 3.8) is 0 Å². The van der Waals surface area contributed by atoms with Gasteiger partial charge in [0.2, 0.25) is 5.91 Å². The highest BCUT2D eigenvalue weighted by Crippen LogP contribution is 2.17. The van der Waals surface area contributed by atoms with Gasteiger partial charge in [0, 0.05) is 6.42 Å². The Balaban J connectivity index is 4.57. The molecule has 0 radical (unpaired) electrons. The molecule has 6 heteroatoms. The molecule has 0 saturated heterocycles. The number of nitrogens with one attached hydrogen (secondary N) is 1. The quantitative estimate of drug-likeness (QED) is 0.0322. The van der Waals surface area contributed by atoms with Gasteiger partial charge in [0.25, 0.3) is 0 Å². The Morgan fingerprint density at radius 3 is 1.34 bits per heavy atom. The molecule has 0 spiro atoms. The summed E-state index contributed by atoms with van der Waals surface area (Å²) >= 11 is 0. The predicted molar refractivity (Wildman–Crippen MR) is 264 cm³/mol. The monoisotopic (exact) mass is 856 g/mol. The zero-order valence-corrected chi connectivity index (χ0v) is 40.5. The van der Waals surface area contributed by atoms with E-state index in [0.717, 1.165) is 83.5 Å². The smallest absolute Gasteiger partial charge is 0.306 e. The number of amides is 1. The maximum atomic E-state index is 13.2. The van der Waals surface area contributed by atoms with E-state index in [1.165, 1.54) is 135 Å². The predicted octanol–water partition coefficient (Wildman–Crippen LogP) is 15.8. The summed E-state index contributed by atoms with van der Waals surface area (Å²) in [6.45, 7) is 6.44. The molecule has 0 aliphatic heterocycles. The van der Waals surface area contributed by atoms with Crippen molar-refractivity contribution in [2.45, 2.75) is 283 Å². The van der Waals surface area contributed by atoms with Crippen LogP contribution in [0.15, 0.2) is 48.6 Å². The highest BCUT2D eigenvalue weighted by Gasteiger charge is 2.24. The van der Waals surface area contributed by atoms with E-state index in [-0.39, 0.29) is 24.9 Å². The van der Waals surface area contributed by atoms with Crippen molar-refractivity contribution in [3.8, 4) is 0 Å². The van der Waals surface area contributed by atoms with E-state index in [4.69, 9.17) is 4.74 Å². The Kier molecular flexibility index (Phi) is 47.1. The number of aliphatic hydroxyl groups is 2. The van der Waals surface area contributed by atoms with Crippen LogP contribution in [-0.4, -0.2) is 46.9 Å². The fraction of sp³-hybridized carbons (Fsp3) is 0.818. The molecular formula is C55H101NO5. The van der Waals surface area contributed by atoms with Crippen molar-refractivity contribution in [1.29, 1.82) is 0 Å². The van der Waals surface area contributed by atoms with Crippen LogP contribution in [0.25, 0.3) is 0 Å². The summed E-state index contributed by atoms with van der Waals surface area (Å²) in [5.74, 6) is -0.524. The number of carbonyl (C=O) groups excluding carboxylic acids is 2. The first kappa shape index (κ1) is 58.8. The van der Waals surface area contributed by atoms with Gasteiger partial charge in [0.15, 0.2) is 0 Å². The van der Waals surface area contributed by atoms with E-state index >= 15 is 0 Å². The summed E-state index contributed by atoms with van der Waals surface area (Å²) in [5, 5.41) is 23.8. The summed E-state index contributed by atoms with van der Waals surface area (Å²) in [7, 11) is 0. The third-order valence-electron chi connectivity index (χ3n) is 11.9. The highest BCUT2D eigenvalue weighted by molar-refractivity contribution is 5.77. The van der Waals surface area contributed by atoms with E-state index in [1.54, 1.807) is 0 Å². The first-order valence-corrected chi connectivity index (χ1v) is 26.4. The maximum absolute atomic E-state index is 13.2. The molecule has 0 rings (SSSR count). The average Bonchev–Trinajstić information content (AvgIpc) is 3.25. The van der Waals surface area contributed by atoms with Crippen LogP contribution >= 0.6 is 0 Å². The molecule has 0 aliphatic carbocycles. The second-order valence-corrected chi connectivity index (χ2v) is 17.9. The van der Waals surface area contributed by atoms with Crippen LogP contribution in [0.4, 0.5) is 0 Å². The molecule has 0 heterocycles. The Hall–Kier alpha value is -2.18. The van der Waals surface area contributed by atoms with Gasteiger partial charge in [-0.15, -0.1) is 0 Å². The number of aliphatic hydroxyl groups excluding tert-OH is 2. The Morgan fingerprint density at radius 1 is 0.475 bits per heavy atom. The number of ether oxygens (including phenoxy) is 1. The molecule has 356 valence electrons. The topological polar surface area (TPSA) is 95.9 Å². The van der Waals surface area contributed by atoms with Gasteiger partial charge in [-0.3, -0.25) is 9.59 Å². The summed E-state index contributed by atoms with van der Waals surface area (Å²) in [6.07, 6.45) is 58.9. The van der Waals surface area contributed by atoms with Crippen molar-refractivity contribution in [3.05, 3.63) is 48.6 Å². The SMILES string of the molecule is CCCCC/C=C\C/C=C\C/C=C\CCCCCCC(=O)OC(CCC/C=C\CCCCCCCC)CC(=O)NC(CO)C(O)CCCCCCCCCCCCCCCC. The molecule has 3 N–H and O–H groups in total. The molecule has 3 atom stereocenters. The second-order valence-electron chi connectivity index (χ2n) is 17.9. The van der Waals surface area contributed by atoms with Crippen molar-refractivity contribution < 1.29 is 24.5 Å². The maximum Gasteiger partial charge on any atom is 0.306 e. The van der Waals surface area contributed by atoms with Crippen LogP contribution in [0.1, 0.15) is 265 Å². The molecule has 0 aromatic heterocycles. The number of hydrogen-bond acceptors (Lipinski definition) is 5. The van der Waals surface area contributed by atoms with Gasteiger partial charge in [-0.2, -0.15) is 0 Å². The Morgan fingerprint density at radius 2 is 0.852 bits per heavy atom. The van der Waals surface area contributed by atoms with Crippen molar-refractivity contribution in [1.82, 2.24) is 5.32 Å². The fourth-order valence-electron chi connectivity index (χ4n) is 7.85. The minimum Gasteiger partial charge on any atom is -0.462 e. The minimum atomic E-state index is -0.797. The zero-order chi connectivity index (χ0) is 44.5. The first-order chi connectivity index (χ1) is 30.0. The van der Waals surface area contributed by atoms with Crippen LogP contribution in [0, 0.1) is 0 Å². The van der Waals surface area contributed by atoms with Crippen LogP contribution in [0.5, 0.6) is 0 Å². The summed E-state index contributed by atoms with van der Waals surface area (Å²) in [4.78, 5) is 26.1. The van der Waals surface area contributed by atoms with Gasteiger partial charge in [-0.05, 0) is 83.5 Å². The largest absolute Gasteiger partial charge is 0.462 e. The summed E-state index contributed by atoms with van der Waals surface area (Å²) < 4.78 is 5.90. The van der Waals surface area contributed by atoms with Crippen molar-refractivity contribution >= 4 is 11.9 Å². The normalized spacial score (nSPS) is 13.6. The third kappa shape index (κ3) is 44.2. The molecule has 61 heavy (non-hydrogen) atoms. The van der Waals surface area contributed by atoms with E-state index in [9.17, 15) is 19.8 Å². The van der Waals surface area contributed by atoms with Gasteiger partial charge in [-0.1, -0.05) is 217 Å². The molecule has 1 amide bonds. The lowest BCUT2D eigenvalue weighted by Gasteiger charge is -2.24. The zero-order valence-electron chi connectivity index (χ0n) is 40.5. The summed E-state index contributed by atoms with van der Waals surface area (Å²) in [6, 6.07) is -0.714. The number of hydrogen-bond donors (Lipinski definition) is 3. The van der Waals surface area contributed by atoms with E-state index < -0.39 is 18.2 Å². The molecule has 0 saturated carbocycles. The molecule has 3 unspecified atom stereocenters. The molecule has 0 fully saturated rings. The van der Waals surface area contributed by atoms with Gasteiger partial charge < -0.3 is 20.3 Å². The standard InChI is InChI=1S/C55H101NO5/c1-4-7-10-13-16-19-22-24-26-27-28-30-33-36-39-42-45-48-55(60)61-51(46-43-40-37-34-31-21-18-15-12-9-6-3)49-54(59)56-52(50-57)53(58)47-44-41-38-35-32-29-25-23-20-17-14-11-8-5-2/h16,19,24,26,28,30,34,37,51-53,57-58H,4-15,17-18,20-23,25,27,29,31-33,35-36,38-50H2,1-3H3,(H,56,59)/b19-16-,26-24-,30-28-,37-34-. The Labute approximate surface area is 378 Å². The van der Waals surface area contributed by atoms with E-state index in [2.05, 4.69) is 74.7 Å². The molecule has 0 aromatic rings. The highest BCUT2D eigenvalue weighted by atomic mass is 16.5. The minimum absolute atomic E-state index is 0.0482. The van der Waals surface area contributed by atoms with Gasteiger partial charge in [0.05, 0.1) is 25.2 Å². The van der Waals surface area contributed by atoms with Crippen LogP contribution in [0.3, 0.4) is 0 Å². The first-order valence-electron chi connectivity index (χ1n) is 26.4. The third-order valence-corrected chi connectivity index (χ3v) is 11.9. The number of unbranched alkanes of at least 4 members (excludes halogenated alkanes) is 27. The van der Waals surface area contributed by atoms with Crippen LogP contribution in [0.2, 0.25) is 0 Å². The molecule has 6 nitrogen and oxygen atoms in total. The number of rotatable bonds is 47. The molecule has 0 aliphatic rings. The van der Waals surface area contributed by atoms with Crippen LogP contribution in [-0.2, 0) is 14.3 Å². The second kappa shape index (κ2) is 48.8. The Bertz CT molecular complexity index is 1050. The summed E-state index contributed by atoms with van der Waals surface area (Å²) in [5.41, 5.74) is 0. The molecule has 0 aromatic carbocycles. The molecule has 0 bridgehead atoms. The van der Waals surface area contributed by atoms with Gasteiger partial charge in [-0.25, -0.2) is 0 Å². The lowest BCUT2D eigenvalue weighted by Crippen LogP contribution is -2.46. The van der Waals surface area contributed by atoms with Gasteiger partial charge >= 0.3 is 5.97 Å². The fourth-order valence-corrected chi connectivity index (χ4v) is 7.85. The van der Waals surface area contributed by atoms with Crippen LogP contribution < -0.4 is 5.32 Å². The average molecular weight is 856 g/mol. The van der Waals surface area contributed by atoms with Gasteiger partial charge in [0.1, 0.15) is 6.10 Å². The lowest BCUT2D eigenvalue weighted by atomic mass is 10.0. The lowest BCUT2D eigenvalue weighted by molar-refractivity contribution is -0.151. The molecular weight excluding hydrogens is 755 g/mol. The number of esters is 1. The van der Waals surface area contributed by atoms with E-state index in [1.807, 2.05) is 0 Å². The van der Waals surface area contributed by atoms with Crippen molar-refractivity contribution in [2.24, 2.45) is 0 Å². The van der Waals surface area contributed by atoms with E-state index in [0.29, 0.717) is 19.3 Å². The number of allylic oxidation sites excluding steroid dienone is 8. The number of carbonyl (C=O) groups is 2. The van der Waals surface area contributed by atoms with Crippen molar-refractivity contribution in [2.75, 3.05) is 6.61 Å².